The Morgan fingerprint density at radius 1 is 1.35 bits per heavy atom. The first kappa shape index (κ1) is 16.3. The summed E-state index contributed by atoms with van der Waals surface area (Å²) in [5.41, 5.74) is -1.52. The summed E-state index contributed by atoms with van der Waals surface area (Å²) in [6, 6.07) is 0.0208. The maximum atomic E-state index is 13.0. The lowest BCUT2D eigenvalue weighted by atomic mass is 9.98. The lowest BCUT2D eigenvalue weighted by Gasteiger charge is -2.45. The van der Waals surface area contributed by atoms with Crippen molar-refractivity contribution in [1.29, 1.82) is 0 Å². The van der Waals surface area contributed by atoms with Crippen LogP contribution in [0.2, 0.25) is 0 Å². The third-order valence-corrected chi connectivity index (χ3v) is 4.48. The Bertz CT molecular complexity index is 601. The van der Waals surface area contributed by atoms with Crippen LogP contribution in [0.1, 0.15) is 22.5 Å². The molecule has 9 heteroatoms. The molecule has 0 N–H and O–H groups in total. The lowest BCUT2D eigenvalue weighted by molar-refractivity contribution is -0.142. The highest BCUT2D eigenvalue weighted by Crippen LogP contribution is 2.32. The molecule has 128 valence electrons. The van der Waals surface area contributed by atoms with Crippen molar-refractivity contribution in [3.05, 3.63) is 17.5 Å². The second kappa shape index (κ2) is 5.79. The van der Waals surface area contributed by atoms with Gasteiger partial charge in [-0.1, -0.05) is 0 Å². The van der Waals surface area contributed by atoms with Crippen LogP contribution in [-0.4, -0.2) is 70.9 Å². The first-order chi connectivity index (χ1) is 10.8. The van der Waals surface area contributed by atoms with Crippen molar-refractivity contribution in [2.45, 2.75) is 24.7 Å². The average Bonchev–Trinajstić information content (AvgIpc) is 2.89. The summed E-state index contributed by atoms with van der Waals surface area (Å²) in [5, 5.41) is 3.40. The summed E-state index contributed by atoms with van der Waals surface area (Å²) in [7, 11) is 3.32. The normalized spacial score (nSPS) is 26.2. The molecule has 1 aromatic rings. The van der Waals surface area contributed by atoms with E-state index >= 15 is 0 Å². The maximum Gasteiger partial charge on any atom is 0.435 e. The predicted molar refractivity (Wildman–Crippen MR) is 74.9 cm³/mol. The van der Waals surface area contributed by atoms with Crippen molar-refractivity contribution in [2.75, 3.05) is 33.3 Å². The number of piperidine rings is 1. The SMILES string of the molecule is CN1CCOC2CCN(C(=O)c3cn(C)nc3C(F)(F)F)C[C@@H]21. The summed E-state index contributed by atoms with van der Waals surface area (Å²) in [6.07, 6.45) is -2.84. The maximum absolute atomic E-state index is 13.0. The fraction of sp³-hybridized carbons (Fsp3) is 0.714. The molecule has 1 unspecified atom stereocenters. The van der Waals surface area contributed by atoms with Crippen LogP contribution in [0.4, 0.5) is 13.2 Å². The number of aryl methyl sites for hydroxylation is 1. The summed E-state index contributed by atoms with van der Waals surface area (Å²) in [5.74, 6) is -0.622. The number of ether oxygens (including phenoxy) is 1. The molecule has 0 spiro atoms. The van der Waals surface area contributed by atoms with Crippen LogP contribution in [0.3, 0.4) is 0 Å². The van der Waals surface area contributed by atoms with E-state index in [0.717, 1.165) is 17.4 Å². The minimum absolute atomic E-state index is 0.0208. The number of amides is 1. The minimum atomic E-state index is -4.64. The van der Waals surface area contributed by atoms with Crippen LogP contribution < -0.4 is 0 Å². The van der Waals surface area contributed by atoms with E-state index in [1.807, 2.05) is 7.05 Å². The molecule has 0 saturated carbocycles. The van der Waals surface area contributed by atoms with Crippen LogP contribution in [0.25, 0.3) is 0 Å². The van der Waals surface area contributed by atoms with Gasteiger partial charge in [0.15, 0.2) is 5.69 Å². The van der Waals surface area contributed by atoms with Gasteiger partial charge in [-0.3, -0.25) is 14.4 Å². The molecular formula is C14H19F3N4O2. The predicted octanol–water partition coefficient (Wildman–Crippen LogP) is 0.984. The summed E-state index contributed by atoms with van der Waals surface area (Å²) < 4.78 is 45.9. The van der Waals surface area contributed by atoms with Gasteiger partial charge < -0.3 is 9.64 Å². The van der Waals surface area contributed by atoms with Crippen LogP contribution in [-0.2, 0) is 18.0 Å². The number of rotatable bonds is 1. The van der Waals surface area contributed by atoms with Gasteiger partial charge >= 0.3 is 6.18 Å². The topological polar surface area (TPSA) is 50.6 Å². The monoisotopic (exact) mass is 332 g/mol. The van der Waals surface area contributed by atoms with Gasteiger partial charge in [-0.05, 0) is 13.5 Å². The third kappa shape index (κ3) is 3.07. The Balaban J connectivity index is 1.81. The number of likely N-dealkylation sites (N-methyl/N-ethyl adjacent to an activating group) is 1. The van der Waals surface area contributed by atoms with E-state index in [-0.39, 0.29) is 12.1 Å². The summed E-state index contributed by atoms with van der Waals surface area (Å²) in [4.78, 5) is 16.1. The van der Waals surface area contributed by atoms with Crippen molar-refractivity contribution in [3.63, 3.8) is 0 Å². The molecule has 2 fully saturated rings. The van der Waals surface area contributed by atoms with Crippen LogP contribution in [0.5, 0.6) is 0 Å². The highest BCUT2D eigenvalue weighted by molar-refractivity contribution is 5.95. The second-order valence-electron chi connectivity index (χ2n) is 6.06. The number of hydrogen-bond acceptors (Lipinski definition) is 4. The molecule has 0 bridgehead atoms. The fourth-order valence-electron chi connectivity index (χ4n) is 3.25. The molecule has 1 amide bonds. The largest absolute Gasteiger partial charge is 0.435 e. The number of halogens is 3. The number of morpholine rings is 1. The minimum Gasteiger partial charge on any atom is -0.375 e. The quantitative estimate of drug-likeness (QED) is 0.769. The number of nitrogens with zero attached hydrogens (tertiary/aromatic N) is 4. The molecule has 2 atom stereocenters. The van der Waals surface area contributed by atoms with Crippen molar-refractivity contribution in [1.82, 2.24) is 19.6 Å². The zero-order valence-electron chi connectivity index (χ0n) is 13.0. The number of hydrogen-bond donors (Lipinski definition) is 0. The smallest absolute Gasteiger partial charge is 0.375 e. The van der Waals surface area contributed by atoms with Crippen molar-refractivity contribution < 1.29 is 22.7 Å². The van der Waals surface area contributed by atoms with E-state index in [9.17, 15) is 18.0 Å². The van der Waals surface area contributed by atoms with Gasteiger partial charge in [-0.25, -0.2) is 0 Å². The van der Waals surface area contributed by atoms with Crippen molar-refractivity contribution in [3.8, 4) is 0 Å². The molecular weight excluding hydrogens is 313 g/mol. The van der Waals surface area contributed by atoms with Gasteiger partial charge in [0.1, 0.15) is 0 Å². The average molecular weight is 332 g/mol. The van der Waals surface area contributed by atoms with Crippen molar-refractivity contribution in [2.24, 2.45) is 7.05 Å². The number of fused-ring (bicyclic) bond motifs is 1. The van der Waals surface area contributed by atoms with Crippen molar-refractivity contribution >= 4 is 5.91 Å². The third-order valence-electron chi connectivity index (χ3n) is 4.48. The Morgan fingerprint density at radius 2 is 2.09 bits per heavy atom. The lowest BCUT2D eigenvalue weighted by Crippen LogP contribution is -2.59. The van der Waals surface area contributed by atoms with E-state index in [1.165, 1.54) is 11.9 Å². The van der Waals surface area contributed by atoms with Crippen LogP contribution in [0, 0.1) is 0 Å². The second-order valence-corrected chi connectivity index (χ2v) is 6.06. The van der Waals surface area contributed by atoms with E-state index in [1.54, 1.807) is 0 Å². The first-order valence-corrected chi connectivity index (χ1v) is 7.49. The molecule has 1 aromatic heterocycles. The Hall–Kier alpha value is -1.61. The number of carbonyl (C=O) groups is 1. The summed E-state index contributed by atoms with van der Waals surface area (Å²) >= 11 is 0. The number of likely N-dealkylation sites (tertiary alicyclic amines) is 1. The molecule has 2 aliphatic heterocycles. The highest BCUT2D eigenvalue weighted by atomic mass is 19.4. The van der Waals surface area contributed by atoms with Gasteiger partial charge in [0.25, 0.3) is 5.91 Å². The molecule has 3 heterocycles. The number of aromatic nitrogens is 2. The Kier molecular flexibility index (Phi) is 4.09. The zero-order valence-corrected chi connectivity index (χ0v) is 13.0. The molecule has 0 radical (unpaired) electrons. The molecule has 2 saturated heterocycles. The number of alkyl halides is 3. The summed E-state index contributed by atoms with van der Waals surface area (Å²) in [6.45, 7) is 2.16. The van der Waals surface area contributed by atoms with Gasteiger partial charge in [-0.15, -0.1) is 0 Å². The molecule has 2 aliphatic rings. The Labute approximate surface area is 131 Å². The molecule has 3 rings (SSSR count). The van der Waals surface area contributed by atoms with E-state index < -0.39 is 23.3 Å². The number of carbonyl (C=O) groups excluding carboxylic acids is 1. The Morgan fingerprint density at radius 3 is 2.78 bits per heavy atom. The zero-order chi connectivity index (χ0) is 16.8. The van der Waals surface area contributed by atoms with E-state index in [0.29, 0.717) is 26.1 Å². The molecule has 23 heavy (non-hydrogen) atoms. The highest BCUT2D eigenvalue weighted by Gasteiger charge is 2.42. The fourth-order valence-corrected chi connectivity index (χ4v) is 3.25. The van der Waals surface area contributed by atoms with Gasteiger partial charge in [0.2, 0.25) is 0 Å². The van der Waals surface area contributed by atoms with Gasteiger partial charge in [0.05, 0.1) is 24.3 Å². The van der Waals surface area contributed by atoms with E-state index in [4.69, 9.17) is 4.74 Å². The van der Waals surface area contributed by atoms with Gasteiger partial charge in [-0.2, -0.15) is 18.3 Å². The van der Waals surface area contributed by atoms with Crippen LogP contribution in [0.15, 0.2) is 6.20 Å². The van der Waals surface area contributed by atoms with E-state index in [2.05, 4.69) is 10.00 Å². The molecule has 6 nitrogen and oxygen atoms in total. The first-order valence-electron chi connectivity index (χ1n) is 7.49. The van der Waals surface area contributed by atoms with Crippen LogP contribution >= 0.6 is 0 Å². The standard InChI is InChI=1S/C14H19F3N4O2/c1-19-5-6-23-11-3-4-21(8-10(11)19)13(22)9-7-20(2)18-12(9)14(15,16)17/h7,10-11H,3-6,8H2,1-2H3/t10-,11?/m0/s1. The van der Waals surface area contributed by atoms with Gasteiger partial charge in [0, 0.05) is 32.9 Å². The molecule has 0 aliphatic carbocycles. The molecule has 0 aromatic carbocycles.